The molecule has 0 aliphatic heterocycles. The Labute approximate surface area is 120 Å². The van der Waals surface area contributed by atoms with E-state index in [-0.39, 0.29) is 5.56 Å². The minimum atomic E-state index is -1.04. The summed E-state index contributed by atoms with van der Waals surface area (Å²) in [4.78, 5) is 12.0. The van der Waals surface area contributed by atoms with Gasteiger partial charge in [0.25, 0.3) is 0 Å². The van der Waals surface area contributed by atoms with Crippen molar-refractivity contribution in [3.63, 3.8) is 0 Å². The Balaban J connectivity index is 2.65. The van der Waals surface area contributed by atoms with Gasteiger partial charge in [-0.15, -0.1) is 11.3 Å². The summed E-state index contributed by atoms with van der Waals surface area (Å²) in [6, 6.07) is 5.24. The number of carboxylic acid groups (broad SMARTS) is 1. The Kier molecular flexibility index (Phi) is 3.94. The lowest BCUT2D eigenvalue weighted by Gasteiger charge is -2.17. The number of carbonyl (C=O) groups is 1. The van der Waals surface area contributed by atoms with E-state index >= 15 is 0 Å². The highest BCUT2D eigenvalue weighted by Crippen LogP contribution is 2.36. The van der Waals surface area contributed by atoms with Crippen LogP contribution in [0.25, 0.3) is 0 Å². The number of aryl methyl sites for hydroxylation is 2. The summed E-state index contributed by atoms with van der Waals surface area (Å²) in [6.45, 7) is 3.50. The first-order valence-electron chi connectivity index (χ1n) is 5.67. The Morgan fingerprint density at radius 3 is 2.42 bits per heavy atom. The van der Waals surface area contributed by atoms with E-state index in [2.05, 4.69) is 0 Å². The largest absolute Gasteiger partial charge is 0.478 e. The highest BCUT2D eigenvalue weighted by atomic mass is 35.5. The molecule has 1 aromatic heterocycles. The number of carboxylic acids is 1. The van der Waals surface area contributed by atoms with Crippen LogP contribution >= 0.6 is 22.9 Å². The number of rotatable bonds is 3. The van der Waals surface area contributed by atoms with Crippen LogP contribution in [0.1, 0.15) is 38.0 Å². The standard InChI is InChI=1S/C14H13ClO3S/c1-7-3-4-8(2)11(14(17)18)10(7)12(16)13-9(15)5-6-19-13/h3-6,12,16H,1-2H3,(H,17,18). The number of hydrogen-bond acceptors (Lipinski definition) is 3. The van der Waals surface area contributed by atoms with Gasteiger partial charge in [-0.25, -0.2) is 4.79 Å². The zero-order valence-corrected chi connectivity index (χ0v) is 12.0. The van der Waals surface area contributed by atoms with E-state index in [1.54, 1.807) is 31.4 Å². The summed E-state index contributed by atoms with van der Waals surface area (Å²) < 4.78 is 0. The summed E-state index contributed by atoms with van der Waals surface area (Å²) in [5.74, 6) is -1.04. The highest BCUT2D eigenvalue weighted by Gasteiger charge is 2.24. The molecular formula is C14H13ClO3S. The van der Waals surface area contributed by atoms with E-state index in [9.17, 15) is 15.0 Å². The minimum Gasteiger partial charge on any atom is -0.478 e. The van der Waals surface area contributed by atoms with Crippen LogP contribution in [0.4, 0.5) is 0 Å². The van der Waals surface area contributed by atoms with Crippen LogP contribution in [0.5, 0.6) is 0 Å². The van der Waals surface area contributed by atoms with Gasteiger partial charge in [-0.1, -0.05) is 23.7 Å². The normalized spacial score (nSPS) is 12.4. The Morgan fingerprint density at radius 2 is 1.89 bits per heavy atom. The second-order valence-corrected chi connectivity index (χ2v) is 5.68. The second-order valence-electron chi connectivity index (χ2n) is 4.33. The van der Waals surface area contributed by atoms with E-state index < -0.39 is 12.1 Å². The Bertz CT molecular complexity index is 634. The van der Waals surface area contributed by atoms with Gasteiger partial charge in [0.1, 0.15) is 6.10 Å². The van der Waals surface area contributed by atoms with Crippen molar-refractivity contribution in [1.82, 2.24) is 0 Å². The summed E-state index contributed by atoms with van der Waals surface area (Å²) in [6.07, 6.45) is -1.02. The maximum Gasteiger partial charge on any atom is 0.336 e. The molecule has 0 bridgehead atoms. The molecule has 1 heterocycles. The lowest BCUT2D eigenvalue weighted by molar-refractivity contribution is 0.0690. The van der Waals surface area contributed by atoms with Crippen LogP contribution in [0, 0.1) is 13.8 Å². The van der Waals surface area contributed by atoms with Crippen molar-refractivity contribution in [3.05, 3.63) is 55.7 Å². The molecule has 2 aromatic rings. The van der Waals surface area contributed by atoms with Crippen LogP contribution in [0.2, 0.25) is 5.02 Å². The van der Waals surface area contributed by atoms with Crippen molar-refractivity contribution >= 4 is 28.9 Å². The van der Waals surface area contributed by atoms with E-state index in [0.29, 0.717) is 21.0 Å². The van der Waals surface area contributed by atoms with Crippen molar-refractivity contribution in [1.29, 1.82) is 0 Å². The molecule has 19 heavy (non-hydrogen) atoms. The van der Waals surface area contributed by atoms with E-state index in [1.807, 2.05) is 6.07 Å². The summed E-state index contributed by atoms with van der Waals surface area (Å²) in [7, 11) is 0. The lowest BCUT2D eigenvalue weighted by atomic mass is 9.92. The molecule has 2 N–H and O–H groups in total. The predicted molar refractivity (Wildman–Crippen MR) is 76.3 cm³/mol. The van der Waals surface area contributed by atoms with Gasteiger partial charge < -0.3 is 10.2 Å². The summed E-state index contributed by atoms with van der Waals surface area (Å²) in [5, 5.41) is 22.0. The molecule has 0 fully saturated rings. The zero-order valence-electron chi connectivity index (χ0n) is 10.5. The van der Waals surface area contributed by atoms with E-state index in [0.717, 1.165) is 5.56 Å². The quantitative estimate of drug-likeness (QED) is 0.906. The van der Waals surface area contributed by atoms with Gasteiger partial charge in [-0.3, -0.25) is 0 Å². The number of aliphatic hydroxyl groups is 1. The Hall–Kier alpha value is -1.36. The third-order valence-electron chi connectivity index (χ3n) is 3.05. The van der Waals surface area contributed by atoms with Crippen molar-refractivity contribution < 1.29 is 15.0 Å². The predicted octanol–water partition coefficient (Wildman–Crippen LogP) is 3.80. The maximum absolute atomic E-state index is 11.4. The van der Waals surface area contributed by atoms with Gasteiger partial charge in [-0.2, -0.15) is 0 Å². The fraction of sp³-hybridized carbons (Fsp3) is 0.214. The minimum absolute atomic E-state index is 0.150. The van der Waals surface area contributed by atoms with Gasteiger partial charge in [-0.05, 0) is 36.4 Å². The third-order valence-corrected chi connectivity index (χ3v) is 4.46. The van der Waals surface area contributed by atoms with Crippen molar-refractivity contribution in [2.45, 2.75) is 20.0 Å². The number of aliphatic hydroxyl groups excluding tert-OH is 1. The molecule has 0 saturated carbocycles. The van der Waals surface area contributed by atoms with Crippen LogP contribution < -0.4 is 0 Å². The molecule has 1 unspecified atom stereocenters. The van der Waals surface area contributed by atoms with Crippen LogP contribution in [-0.4, -0.2) is 16.2 Å². The fourth-order valence-electron chi connectivity index (χ4n) is 2.10. The number of halogens is 1. The monoisotopic (exact) mass is 296 g/mol. The van der Waals surface area contributed by atoms with Crippen LogP contribution in [-0.2, 0) is 0 Å². The molecule has 1 aromatic carbocycles. The molecule has 0 radical (unpaired) electrons. The van der Waals surface area contributed by atoms with Crippen molar-refractivity contribution in [2.24, 2.45) is 0 Å². The third kappa shape index (κ3) is 2.52. The molecule has 0 spiro atoms. The van der Waals surface area contributed by atoms with Gasteiger partial charge >= 0.3 is 5.97 Å². The van der Waals surface area contributed by atoms with E-state index in [4.69, 9.17) is 11.6 Å². The highest BCUT2D eigenvalue weighted by molar-refractivity contribution is 7.10. The summed E-state index contributed by atoms with van der Waals surface area (Å²) in [5.41, 5.74) is 1.92. The number of hydrogen-bond donors (Lipinski definition) is 2. The maximum atomic E-state index is 11.4. The van der Waals surface area contributed by atoms with E-state index in [1.165, 1.54) is 11.3 Å². The molecule has 5 heteroatoms. The first-order valence-corrected chi connectivity index (χ1v) is 6.93. The SMILES string of the molecule is Cc1ccc(C)c(C(O)c2sccc2Cl)c1C(=O)O. The molecule has 0 amide bonds. The van der Waals surface area contributed by atoms with Gasteiger partial charge in [0.2, 0.25) is 0 Å². The van der Waals surface area contributed by atoms with Crippen molar-refractivity contribution in [3.8, 4) is 0 Å². The fourth-order valence-corrected chi connectivity index (χ4v) is 3.25. The smallest absolute Gasteiger partial charge is 0.336 e. The number of thiophene rings is 1. The van der Waals surface area contributed by atoms with Crippen molar-refractivity contribution in [2.75, 3.05) is 0 Å². The van der Waals surface area contributed by atoms with Gasteiger partial charge in [0.05, 0.1) is 15.5 Å². The van der Waals surface area contributed by atoms with Crippen LogP contribution in [0.3, 0.4) is 0 Å². The number of benzene rings is 1. The lowest BCUT2D eigenvalue weighted by Crippen LogP contribution is -2.11. The Morgan fingerprint density at radius 1 is 1.26 bits per heavy atom. The topological polar surface area (TPSA) is 57.5 Å². The van der Waals surface area contributed by atoms with Crippen LogP contribution in [0.15, 0.2) is 23.6 Å². The molecule has 0 aliphatic rings. The average molecular weight is 297 g/mol. The number of aromatic carboxylic acids is 1. The second kappa shape index (κ2) is 5.33. The first kappa shape index (κ1) is 14.1. The van der Waals surface area contributed by atoms with Gasteiger partial charge in [0, 0.05) is 5.56 Å². The molecule has 2 rings (SSSR count). The average Bonchev–Trinajstić information content (AvgIpc) is 2.76. The molecule has 3 nitrogen and oxygen atoms in total. The zero-order chi connectivity index (χ0) is 14.2. The summed E-state index contributed by atoms with van der Waals surface area (Å²) >= 11 is 7.32. The molecule has 1 atom stereocenters. The molecular weight excluding hydrogens is 284 g/mol. The first-order chi connectivity index (χ1) is 8.93. The molecule has 100 valence electrons. The van der Waals surface area contributed by atoms with Gasteiger partial charge in [0.15, 0.2) is 0 Å². The molecule has 0 saturated heterocycles. The molecule has 0 aliphatic carbocycles.